The molecule has 1 aromatic carbocycles. The van der Waals surface area contributed by atoms with Crippen molar-refractivity contribution in [3.63, 3.8) is 0 Å². The third kappa shape index (κ3) is 2.44. The molecule has 1 heterocycles. The van der Waals surface area contributed by atoms with Crippen molar-refractivity contribution in [2.24, 2.45) is 7.05 Å². The fourth-order valence-electron chi connectivity index (χ4n) is 1.42. The van der Waals surface area contributed by atoms with Gasteiger partial charge in [-0.3, -0.25) is 9.48 Å². The highest BCUT2D eigenvalue weighted by Gasteiger charge is 2.08. The van der Waals surface area contributed by atoms with Gasteiger partial charge in [-0.15, -0.1) is 0 Å². The van der Waals surface area contributed by atoms with Crippen LogP contribution in [0.25, 0.3) is 0 Å². The van der Waals surface area contributed by atoms with Crippen LogP contribution in [-0.4, -0.2) is 20.8 Å². The van der Waals surface area contributed by atoms with Crippen LogP contribution < -0.4 is 5.32 Å². The maximum absolute atomic E-state index is 11.8. The lowest BCUT2D eigenvalue weighted by Gasteiger charge is -2.01. The third-order valence-electron chi connectivity index (χ3n) is 2.48. The molecule has 0 aliphatic rings. The van der Waals surface area contributed by atoms with Crippen LogP contribution in [0, 0.1) is 6.92 Å². The van der Waals surface area contributed by atoms with E-state index in [4.69, 9.17) is 5.11 Å². The number of hydrogen-bond donors (Lipinski definition) is 2. The van der Waals surface area contributed by atoms with E-state index >= 15 is 0 Å². The minimum atomic E-state index is -0.247. The van der Waals surface area contributed by atoms with Crippen LogP contribution in [0.15, 0.2) is 30.3 Å². The lowest BCUT2D eigenvalue weighted by Crippen LogP contribution is -2.12. The second-order valence-electron chi connectivity index (χ2n) is 3.80. The van der Waals surface area contributed by atoms with Gasteiger partial charge in [-0.1, -0.05) is 0 Å². The number of anilines is 1. The maximum atomic E-state index is 11.8. The summed E-state index contributed by atoms with van der Waals surface area (Å²) in [7, 11) is 1.81. The van der Waals surface area contributed by atoms with E-state index in [0.717, 1.165) is 5.69 Å². The summed E-state index contributed by atoms with van der Waals surface area (Å²) in [6, 6.07) is 7.84. The Balaban J connectivity index is 2.14. The summed E-state index contributed by atoms with van der Waals surface area (Å²) in [5, 5.41) is 15.9. The van der Waals surface area contributed by atoms with Crippen molar-refractivity contribution in [1.82, 2.24) is 9.78 Å². The minimum Gasteiger partial charge on any atom is -0.508 e. The molecule has 0 bridgehead atoms. The topological polar surface area (TPSA) is 67.2 Å². The molecule has 0 unspecified atom stereocenters. The molecule has 1 amide bonds. The van der Waals surface area contributed by atoms with E-state index in [1.807, 2.05) is 14.0 Å². The second-order valence-corrected chi connectivity index (χ2v) is 3.80. The first-order valence-electron chi connectivity index (χ1n) is 5.17. The first-order valence-corrected chi connectivity index (χ1v) is 5.17. The zero-order chi connectivity index (χ0) is 12.4. The van der Waals surface area contributed by atoms with E-state index in [1.165, 1.54) is 12.1 Å². The van der Waals surface area contributed by atoms with Crippen molar-refractivity contribution in [3.05, 3.63) is 41.6 Å². The number of aromatic hydroxyl groups is 1. The number of rotatable bonds is 2. The number of carbonyl (C=O) groups excluding carboxylic acids is 1. The van der Waals surface area contributed by atoms with Gasteiger partial charge < -0.3 is 10.4 Å². The number of aryl methyl sites for hydroxylation is 2. The Morgan fingerprint density at radius 2 is 2.00 bits per heavy atom. The quantitative estimate of drug-likeness (QED) is 0.826. The third-order valence-corrected chi connectivity index (χ3v) is 2.48. The molecular formula is C12H13N3O2. The van der Waals surface area contributed by atoms with Crippen LogP contribution in [0.1, 0.15) is 16.1 Å². The van der Waals surface area contributed by atoms with Gasteiger partial charge in [-0.05, 0) is 31.2 Å². The van der Waals surface area contributed by atoms with Crippen molar-refractivity contribution >= 4 is 11.7 Å². The number of carbonyl (C=O) groups is 1. The molecule has 2 rings (SSSR count). The smallest absolute Gasteiger partial charge is 0.256 e. The molecule has 0 spiro atoms. The van der Waals surface area contributed by atoms with Gasteiger partial charge in [0.2, 0.25) is 0 Å². The number of phenols is 1. The lowest BCUT2D eigenvalue weighted by atomic mass is 10.2. The second kappa shape index (κ2) is 4.29. The predicted molar refractivity (Wildman–Crippen MR) is 64.0 cm³/mol. The average molecular weight is 231 g/mol. The fourth-order valence-corrected chi connectivity index (χ4v) is 1.42. The number of hydrogen-bond acceptors (Lipinski definition) is 3. The number of benzene rings is 1. The maximum Gasteiger partial charge on any atom is 0.256 e. The number of nitrogens with one attached hydrogen (secondary N) is 1. The summed E-state index contributed by atoms with van der Waals surface area (Å²) < 4.78 is 1.69. The molecule has 5 heteroatoms. The normalized spacial score (nSPS) is 10.2. The molecule has 5 nitrogen and oxygen atoms in total. The van der Waals surface area contributed by atoms with Crippen LogP contribution in [-0.2, 0) is 7.05 Å². The van der Waals surface area contributed by atoms with Gasteiger partial charge in [-0.25, -0.2) is 0 Å². The average Bonchev–Trinajstić information content (AvgIpc) is 2.58. The van der Waals surface area contributed by atoms with Crippen LogP contribution in [0.5, 0.6) is 5.75 Å². The highest BCUT2D eigenvalue weighted by atomic mass is 16.3. The fraction of sp³-hybridized carbons (Fsp3) is 0.167. The summed E-state index contributed by atoms with van der Waals surface area (Å²) in [6.45, 7) is 1.91. The van der Waals surface area contributed by atoms with E-state index in [2.05, 4.69) is 10.4 Å². The van der Waals surface area contributed by atoms with Gasteiger partial charge in [-0.2, -0.15) is 5.10 Å². The molecule has 0 saturated heterocycles. The van der Waals surface area contributed by atoms with Gasteiger partial charge in [0.1, 0.15) is 5.75 Å². The molecule has 0 saturated carbocycles. The first kappa shape index (κ1) is 11.2. The van der Waals surface area contributed by atoms with Gasteiger partial charge in [0, 0.05) is 24.4 Å². The van der Waals surface area contributed by atoms with Gasteiger partial charge in [0.05, 0.1) is 0 Å². The highest BCUT2D eigenvalue weighted by molar-refractivity contribution is 6.03. The Morgan fingerprint density at radius 1 is 1.35 bits per heavy atom. The van der Waals surface area contributed by atoms with Crippen LogP contribution in [0.3, 0.4) is 0 Å². The van der Waals surface area contributed by atoms with Crippen LogP contribution in [0.4, 0.5) is 5.82 Å². The zero-order valence-corrected chi connectivity index (χ0v) is 9.64. The Bertz CT molecular complexity index is 524. The molecule has 0 aliphatic heterocycles. The van der Waals surface area contributed by atoms with Crippen molar-refractivity contribution in [2.75, 3.05) is 5.32 Å². The molecule has 88 valence electrons. The molecule has 0 aliphatic carbocycles. The summed E-state index contributed by atoms with van der Waals surface area (Å²) in [4.78, 5) is 11.8. The van der Waals surface area contributed by atoms with Gasteiger partial charge >= 0.3 is 0 Å². The number of phenolic OH excluding ortho intramolecular Hbond substituents is 1. The molecular weight excluding hydrogens is 218 g/mol. The number of aromatic nitrogens is 2. The van der Waals surface area contributed by atoms with E-state index < -0.39 is 0 Å². The number of nitrogens with zero attached hydrogens (tertiary/aromatic N) is 2. The zero-order valence-electron chi connectivity index (χ0n) is 9.64. The van der Waals surface area contributed by atoms with Crippen molar-refractivity contribution in [3.8, 4) is 5.75 Å². The summed E-state index contributed by atoms with van der Waals surface area (Å²) >= 11 is 0. The van der Waals surface area contributed by atoms with Crippen molar-refractivity contribution < 1.29 is 9.90 Å². The Hall–Kier alpha value is -2.30. The molecule has 0 fully saturated rings. The Labute approximate surface area is 98.7 Å². The van der Waals surface area contributed by atoms with Crippen LogP contribution >= 0.6 is 0 Å². The Kier molecular flexibility index (Phi) is 2.82. The van der Waals surface area contributed by atoms with E-state index in [0.29, 0.717) is 11.4 Å². The van der Waals surface area contributed by atoms with Crippen LogP contribution in [0.2, 0.25) is 0 Å². The van der Waals surface area contributed by atoms with Gasteiger partial charge in [0.15, 0.2) is 5.82 Å². The standard InChI is InChI=1S/C12H13N3O2/c1-8-7-11(14-15(8)2)13-12(17)9-3-5-10(16)6-4-9/h3-7,16H,1-2H3,(H,13,14,17). The lowest BCUT2D eigenvalue weighted by molar-refractivity contribution is 0.102. The number of amides is 1. The predicted octanol–water partition coefficient (Wildman–Crippen LogP) is 1.69. The summed E-state index contributed by atoms with van der Waals surface area (Å²) in [5.74, 6) is 0.404. The van der Waals surface area contributed by atoms with Crippen molar-refractivity contribution in [2.45, 2.75) is 6.92 Å². The van der Waals surface area contributed by atoms with E-state index in [9.17, 15) is 4.79 Å². The molecule has 2 N–H and O–H groups in total. The van der Waals surface area contributed by atoms with E-state index in [1.54, 1.807) is 22.9 Å². The van der Waals surface area contributed by atoms with E-state index in [-0.39, 0.29) is 11.7 Å². The van der Waals surface area contributed by atoms with Crippen molar-refractivity contribution in [1.29, 1.82) is 0 Å². The molecule has 17 heavy (non-hydrogen) atoms. The molecule has 0 atom stereocenters. The van der Waals surface area contributed by atoms with Gasteiger partial charge in [0.25, 0.3) is 5.91 Å². The minimum absolute atomic E-state index is 0.134. The molecule has 2 aromatic rings. The largest absolute Gasteiger partial charge is 0.508 e. The Morgan fingerprint density at radius 3 is 2.53 bits per heavy atom. The molecule has 1 aromatic heterocycles. The summed E-state index contributed by atoms with van der Waals surface area (Å²) in [5.41, 5.74) is 1.44. The molecule has 0 radical (unpaired) electrons. The first-order chi connectivity index (χ1) is 8.06. The summed E-state index contributed by atoms with van der Waals surface area (Å²) in [6.07, 6.45) is 0. The highest BCUT2D eigenvalue weighted by Crippen LogP contribution is 2.12. The SMILES string of the molecule is Cc1cc(NC(=O)c2ccc(O)cc2)nn1C. The monoisotopic (exact) mass is 231 g/mol.